The maximum absolute atomic E-state index is 11.9. The summed E-state index contributed by atoms with van der Waals surface area (Å²) in [7, 11) is 0. The van der Waals surface area contributed by atoms with E-state index in [-0.39, 0.29) is 5.69 Å². The van der Waals surface area contributed by atoms with Crippen LogP contribution in [0.2, 0.25) is 5.02 Å². The summed E-state index contributed by atoms with van der Waals surface area (Å²) in [6.45, 7) is 4.59. The molecular formula is C17H18ClN3O3S. The van der Waals surface area contributed by atoms with Crippen LogP contribution >= 0.6 is 23.4 Å². The lowest BCUT2D eigenvalue weighted by Crippen LogP contribution is -2.17. The lowest BCUT2D eigenvalue weighted by atomic mass is 10.1. The van der Waals surface area contributed by atoms with Gasteiger partial charge in [0.1, 0.15) is 5.58 Å². The highest BCUT2D eigenvalue weighted by Crippen LogP contribution is 2.29. The second-order valence-electron chi connectivity index (χ2n) is 5.64. The Kier molecular flexibility index (Phi) is 5.34. The van der Waals surface area contributed by atoms with Crippen molar-refractivity contribution in [3.05, 3.63) is 55.3 Å². The second-order valence-corrected chi connectivity index (χ2v) is 6.99. The number of nitrogens with zero attached hydrogens (tertiary/aromatic N) is 2. The average Bonchev–Trinajstić information content (AvgIpc) is 2.93. The van der Waals surface area contributed by atoms with E-state index in [4.69, 9.17) is 16.0 Å². The number of rotatable bonds is 6. The van der Waals surface area contributed by atoms with Gasteiger partial charge >= 0.3 is 11.3 Å². The second kappa shape index (κ2) is 7.49. The molecule has 6 nitrogen and oxygen atoms in total. The van der Waals surface area contributed by atoms with Crippen molar-refractivity contribution in [2.45, 2.75) is 44.1 Å². The normalized spacial score (nSPS) is 11.3. The quantitative estimate of drug-likeness (QED) is 0.522. The van der Waals surface area contributed by atoms with Gasteiger partial charge in [-0.15, -0.1) is 5.10 Å². The van der Waals surface area contributed by atoms with E-state index < -0.39 is 5.63 Å². The predicted molar refractivity (Wildman–Crippen MR) is 99.6 cm³/mol. The van der Waals surface area contributed by atoms with Crippen LogP contribution in [-0.2, 0) is 18.7 Å². The highest BCUT2D eigenvalue weighted by atomic mass is 35.5. The highest BCUT2D eigenvalue weighted by Gasteiger charge is 2.13. The molecule has 0 bridgehead atoms. The Morgan fingerprint density at radius 1 is 1.24 bits per heavy atom. The fourth-order valence-electron chi connectivity index (χ4n) is 2.66. The fraction of sp³-hybridized carbons (Fsp3) is 0.353. The molecule has 25 heavy (non-hydrogen) atoms. The number of fused-ring (bicyclic) bond motifs is 1. The molecule has 0 amide bonds. The smallest absolute Gasteiger partial charge is 0.343 e. The Morgan fingerprint density at radius 3 is 2.76 bits per heavy atom. The Bertz CT molecular complexity index is 1020. The van der Waals surface area contributed by atoms with Crippen molar-refractivity contribution in [2.24, 2.45) is 0 Å². The number of thioether (sulfide) groups is 1. The SMILES string of the molecule is CCCn1c(SCc2cc(=O)oc3cc(CC)c(Cl)cc23)n[nH]c1=O. The molecule has 1 aromatic carbocycles. The number of aromatic amines is 1. The van der Waals surface area contributed by atoms with E-state index >= 15 is 0 Å². The molecule has 0 aliphatic rings. The van der Waals surface area contributed by atoms with Crippen LogP contribution in [0.25, 0.3) is 11.0 Å². The molecule has 0 radical (unpaired) electrons. The molecule has 132 valence electrons. The molecule has 2 aromatic heterocycles. The first kappa shape index (κ1) is 17.8. The summed E-state index contributed by atoms with van der Waals surface area (Å²) >= 11 is 7.71. The monoisotopic (exact) mass is 379 g/mol. The molecule has 0 unspecified atom stereocenters. The van der Waals surface area contributed by atoms with Crippen LogP contribution in [-0.4, -0.2) is 14.8 Å². The molecule has 0 saturated carbocycles. The molecule has 0 aliphatic heterocycles. The number of halogens is 1. The van der Waals surface area contributed by atoms with Crippen molar-refractivity contribution in [3.63, 3.8) is 0 Å². The minimum atomic E-state index is -0.402. The van der Waals surface area contributed by atoms with Gasteiger partial charge in [-0.2, -0.15) is 0 Å². The Hall–Kier alpha value is -1.99. The summed E-state index contributed by atoms with van der Waals surface area (Å²) < 4.78 is 6.92. The molecule has 0 atom stereocenters. The van der Waals surface area contributed by atoms with Crippen molar-refractivity contribution in [2.75, 3.05) is 0 Å². The van der Waals surface area contributed by atoms with Crippen LogP contribution in [0, 0.1) is 0 Å². The van der Waals surface area contributed by atoms with E-state index in [2.05, 4.69) is 10.2 Å². The van der Waals surface area contributed by atoms with Crippen LogP contribution in [0.4, 0.5) is 0 Å². The van der Waals surface area contributed by atoms with Gasteiger partial charge < -0.3 is 4.42 Å². The minimum absolute atomic E-state index is 0.225. The third-order valence-electron chi connectivity index (χ3n) is 3.91. The first-order valence-electron chi connectivity index (χ1n) is 8.06. The zero-order chi connectivity index (χ0) is 18.0. The number of hydrogen-bond acceptors (Lipinski definition) is 5. The molecule has 3 aromatic rings. The van der Waals surface area contributed by atoms with Crippen molar-refractivity contribution in [1.29, 1.82) is 0 Å². The fourth-order valence-corrected chi connectivity index (χ4v) is 3.92. The Labute approximate surface area is 153 Å². The van der Waals surface area contributed by atoms with E-state index in [1.165, 1.54) is 17.8 Å². The number of hydrogen-bond donors (Lipinski definition) is 1. The van der Waals surface area contributed by atoms with E-state index in [1.807, 2.05) is 26.0 Å². The van der Waals surface area contributed by atoms with Crippen molar-refractivity contribution < 1.29 is 4.42 Å². The number of nitrogens with one attached hydrogen (secondary N) is 1. The van der Waals surface area contributed by atoms with Gasteiger partial charge in [0.15, 0.2) is 5.16 Å². The van der Waals surface area contributed by atoms with Crippen molar-refractivity contribution >= 4 is 34.3 Å². The summed E-state index contributed by atoms with van der Waals surface area (Å²) in [6.07, 6.45) is 1.59. The van der Waals surface area contributed by atoms with E-state index in [1.54, 1.807) is 4.57 Å². The number of aryl methyl sites for hydroxylation is 1. The third kappa shape index (κ3) is 3.67. The molecule has 3 rings (SSSR count). The van der Waals surface area contributed by atoms with Crippen LogP contribution in [0.15, 0.2) is 37.4 Å². The van der Waals surface area contributed by atoms with Gasteiger partial charge in [-0.25, -0.2) is 14.7 Å². The van der Waals surface area contributed by atoms with Gasteiger partial charge in [-0.05, 0) is 36.1 Å². The molecule has 1 N–H and O–H groups in total. The average molecular weight is 380 g/mol. The molecular weight excluding hydrogens is 362 g/mol. The Balaban J connectivity index is 1.98. The third-order valence-corrected chi connectivity index (χ3v) is 5.28. The summed E-state index contributed by atoms with van der Waals surface area (Å²) in [4.78, 5) is 23.7. The van der Waals surface area contributed by atoms with Crippen LogP contribution in [0.3, 0.4) is 0 Å². The molecule has 0 aliphatic carbocycles. The largest absolute Gasteiger partial charge is 0.423 e. The van der Waals surface area contributed by atoms with Crippen molar-refractivity contribution in [1.82, 2.24) is 14.8 Å². The van der Waals surface area contributed by atoms with Crippen LogP contribution in [0.1, 0.15) is 31.4 Å². The van der Waals surface area contributed by atoms with Crippen LogP contribution < -0.4 is 11.3 Å². The topological polar surface area (TPSA) is 80.9 Å². The number of aromatic nitrogens is 3. The van der Waals surface area contributed by atoms with E-state index in [0.717, 1.165) is 29.4 Å². The van der Waals surface area contributed by atoms with Gasteiger partial charge in [0.05, 0.1) is 0 Å². The molecule has 2 heterocycles. The molecule has 0 fully saturated rings. The summed E-state index contributed by atoms with van der Waals surface area (Å²) in [6, 6.07) is 5.11. The first-order chi connectivity index (χ1) is 12.0. The standard InChI is InChI=1S/C17H18ClN3O3S/c1-3-5-21-16(23)19-20-17(21)25-9-11-7-15(22)24-14-6-10(4-2)13(18)8-12(11)14/h6-8H,3-5,9H2,1-2H3,(H,19,23). The van der Waals surface area contributed by atoms with Gasteiger partial charge in [0, 0.05) is 28.8 Å². The number of H-pyrrole nitrogens is 1. The lowest BCUT2D eigenvalue weighted by molar-refractivity contribution is 0.559. The van der Waals surface area contributed by atoms with Gasteiger partial charge in [-0.3, -0.25) is 4.57 Å². The maximum Gasteiger partial charge on any atom is 0.343 e. The summed E-state index contributed by atoms with van der Waals surface area (Å²) in [5.74, 6) is 0.484. The van der Waals surface area contributed by atoms with Gasteiger partial charge in [0.25, 0.3) is 0 Å². The van der Waals surface area contributed by atoms with Gasteiger partial charge in [-0.1, -0.05) is 37.2 Å². The zero-order valence-electron chi connectivity index (χ0n) is 14.0. The van der Waals surface area contributed by atoms with Gasteiger partial charge in [0.2, 0.25) is 0 Å². The number of benzene rings is 1. The minimum Gasteiger partial charge on any atom is -0.423 e. The van der Waals surface area contributed by atoms with Crippen LogP contribution in [0.5, 0.6) is 0 Å². The first-order valence-corrected chi connectivity index (χ1v) is 9.43. The van der Waals surface area contributed by atoms with E-state index in [9.17, 15) is 9.59 Å². The molecule has 0 spiro atoms. The predicted octanol–water partition coefficient (Wildman–Crippen LogP) is 3.60. The maximum atomic E-state index is 11.9. The Morgan fingerprint density at radius 2 is 2.04 bits per heavy atom. The zero-order valence-corrected chi connectivity index (χ0v) is 15.5. The molecule has 8 heteroatoms. The lowest BCUT2D eigenvalue weighted by Gasteiger charge is -2.08. The highest BCUT2D eigenvalue weighted by molar-refractivity contribution is 7.98. The van der Waals surface area contributed by atoms with Crippen molar-refractivity contribution in [3.8, 4) is 0 Å². The summed E-state index contributed by atoms with van der Waals surface area (Å²) in [5.41, 5.74) is 1.64. The van der Waals surface area contributed by atoms with E-state index in [0.29, 0.717) is 28.1 Å². The summed E-state index contributed by atoms with van der Waals surface area (Å²) in [5, 5.41) is 8.58. The molecule has 0 saturated heterocycles.